The summed E-state index contributed by atoms with van der Waals surface area (Å²) in [6.45, 7) is 1.76. The summed E-state index contributed by atoms with van der Waals surface area (Å²) >= 11 is 0. The lowest BCUT2D eigenvalue weighted by Crippen LogP contribution is -1.92. The van der Waals surface area contributed by atoms with Crippen LogP contribution in [-0.2, 0) is 7.05 Å². The highest BCUT2D eigenvalue weighted by Crippen LogP contribution is 2.40. The fourth-order valence-corrected chi connectivity index (χ4v) is 1.23. The van der Waals surface area contributed by atoms with E-state index >= 15 is 0 Å². The molecule has 11 heavy (non-hydrogen) atoms. The van der Waals surface area contributed by atoms with Crippen LogP contribution in [-0.4, -0.2) is 9.78 Å². The zero-order chi connectivity index (χ0) is 8.01. The number of nitrogens with zero attached hydrogens (tertiary/aromatic N) is 2. The molecule has 2 rings (SSSR count). The molecule has 0 atom stereocenters. The Morgan fingerprint density at radius 2 is 2.18 bits per heavy atom. The third kappa shape index (κ3) is 0.951. The van der Waals surface area contributed by atoms with Gasteiger partial charge in [-0.25, -0.2) is 4.39 Å². The summed E-state index contributed by atoms with van der Waals surface area (Å²) in [4.78, 5) is 0. The van der Waals surface area contributed by atoms with Gasteiger partial charge in [-0.3, -0.25) is 4.68 Å². The Bertz CT molecular complexity index is 287. The Labute approximate surface area is 65.0 Å². The van der Waals surface area contributed by atoms with Gasteiger partial charge in [-0.05, 0) is 19.8 Å². The van der Waals surface area contributed by atoms with Gasteiger partial charge in [0.15, 0.2) is 5.82 Å². The molecule has 1 aromatic rings. The summed E-state index contributed by atoms with van der Waals surface area (Å²) in [6.07, 6.45) is 2.21. The molecule has 0 bridgehead atoms. The van der Waals surface area contributed by atoms with Crippen LogP contribution in [0.25, 0.3) is 0 Å². The molecule has 1 saturated carbocycles. The van der Waals surface area contributed by atoms with Gasteiger partial charge in [0.1, 0.15) is 5.69 Å². The van der Waals surface area contributed by atoms with Crippen molar-refractivity contribution in [2.75, 3.05) is 0 Å². The minimum Gasteiger partial charge on any atom is -0.270 e. The average Bonchev–Trinajstić information content (AvgIpc) is 2.76. The second kappa shape index (κ2) is 2.06. The molecule has 0 spiro atoms. The summed E-state index contributed by atoms with van der Waals surface area (Å²) < 4.78 is 14.8. The predicted molar refractivity (Wildman–Crippen MR) is 39.9 cm³/mol. The van der Waals surface area contributed by atoms with Crippen molar-refractivity contribution in [2.45, 2.75) is 25.7 Å². The lowest BCUT2D eigenvalue weighted by molar-refractivity contribution is 0.599. The molecule has 1 fully saturated rings. The van der Waals surface area contributed by atoms with Crippen LogP contribution in [0.4, 0.5) is 4.39 Å². The van der Waals surface area contributed by atoms with Gasteiger partial charge in [0, 0.05) is 13.0 Å². The molecule has 3 heteroatoms. The average molecular weight is 154 g/mol. The maximum Gasteiger partial charge on any atom is 0.167 e. The molecule has 0 radical (unpaired) electrons. The molecule has 60 valence electrons. The van der Waals surface area contributed by atoms with Crippen LogP contribution < -0.4 is 0 Å². The third-order valence-electron chi connectivity index (χ3n) is 2.25. The highest BCUT2D eigenvalue weighted by molar-refractivity contribution is 5.20. The number of aromatic nitrogens is 2. The van der Waals surface area contributed by atoms with Crippen LogP contribution in [0.15, 0.2) is 0 Å². The quantitative estimate of drug-likeness (QED) is 0.602. The van der Waals surface area contributed by atoms with Gasteiger partial charge in [-0.2, -0.15) is 5.10 Å². The van der Waals surface area contributed by atoms with E-state index in [4.69, 9.17) is 0 Å². The van der Waals surface area contributed by atoms with Gasteiger partial charge in [0.2, 0.25) is 0 Å². The van der Waals surface area contributed by atoms with Crippen molar-refractivity contribution in [3.8, 4) is 0 Å². The lowest BCUT2D eigenvalue weighted by atomic mass is 10.2. The largest absolute Gasteiger partial charge is 0.270 e. The topological polar surface area (TPSA) is 17.8 Å². The van der Waals surface area contributed by atoms with Gasteiger partial charge in [-0.15, -0.1) is 0 Å². The second-order valence-corrected chi connectivity index (χ2v) is 3.18. The van der Waals surface area contributed by atoms with Gasteiger partial charge in [0.05, 0.1) is 5.69 Å². The molecule has 1 aromatic heterocycles. The highest BCUT2D eigenvalue weighted by Gasteiger charge is 2.30. The Balaban J connectivity index is 2.46. The van der Waals surface area contributed by atoms with E-state index in [2.05, 4.69) is 5.10 Å². The summed E-state index contributed by atoms with van der Waals surface area (Å²) in [6, 6.07) is 0. The zero-order valence-electron chi connectivity index (χ0n) is 6.76. The maximum absolute atomic E-state index is 13.2. The van der Waals surface area contributed by atoms with Crippen LogP contribution in [0.1, 0.15) is 30.1 Å². The first-order valence-corrected chi connectivity index (χ1v) is 3.89. The molecular formula is C8H11FN2. The van der Waals surface area contributed by atoms with Crippen LogP contribution >= 0.6 is 0 Å². The fraction of sp³-hybridized carbons (Fsp3) is 0.625. The molecule has 1 aliphatic rings. The van der Waals surface area contributed by atoms with Crippen molar-refractivity contribution in [3.63, 3.8) is 0 Å². The Morgan fingerprint density at radius 3 is 2.55 bits per heavy atom. The summed E-state index contributed by atoms with van der Waals surface area (Å²) in [5.74, 6) is 0.310. The Kier molecular flexibility index (Phi) is 1.28. The minimum absolute atomic E-state index is 0.102. The normalized spacial score (nSPS) is 17.4. The van der Waals surface area contributed by atoms with Crippen molar-refractivity contribution in [3.05, 3.63) is 17.2 Å². The van der Waals surface area contributed by atoms with Gasteiger partial charge in [0.25, 0.3) is 0 Å². The molecule has 1 heterocycles. The number of aryl methyl sites for hydroxylation is 1. The van der Waals surface area contributed by atoms with Crippen molar-refractivity contribution in [1.82, 2.24) is 9.78 Å². The monoisotopic (exact) mass is 154 g/mol. The van der Waals surface area contributed by atoms with Gasteiger partial charge >= 0.3 is 0 Å². The summed E-state index contributed by atoms with van der Waals surface area (Å²) in [5, 5.41) is 4.11. The Hall–Kier alpha value is -0.860. The summed E-state index contributed by atoms with van der Waals surface area (Å²) in [7, 11) is 1.78. The number of hydrogen-bond donors (Lipinski definition) is 0. The molecule has 2 nitrogen and oxygen atoms in total. The van der Waals surface area contributed by atoms with E-state index in [0.29, 0.717) is 17.3 Å². The van der Waals surface area contributed by atoms with E-state index in [9.17, 15) is 4.39 Å². The molecule has 0 aliphatic heterocycles. The summed E-state index contributed by atoms with van der Waals surface area (Å²) in [5.41, 5.74) is 1.32. The maximum atomic E-state index is 13.2. The first kappa shape index (κ1) is 6.83. The van der Waals surface area contributed by atoms with Gasteiger partial charge in [-0.1, -0.05) is 0 Å². The van der Waals surface area contributed by atoms with E-state index in [1.165, 1.54) is 0 Å². The first-order chi connectivity index (χ1) is 5.20. The zero-order valence-corrected chi connectivity index (χ0v) is 6.76. The van der Waals surface area contributed by atoms with Crippen molar-refractivity contribution in [1.29, 1.82) is 0 Å². The van der Waals surface area contributed by atoms with Crippen molar-refractivity contribution >= 4 is 0 Å². The third-order valence-corrected chi connectivity index (χ3v) is 2.25. The Morgan fingerprint density at radius 1 is 1.55 bits per heavy atom. The molecule has 1 aliphatic carbocycles. The number of halogens is 1. The number of rotatable bonds is 1. The van der Waals surface area contributed by atoms with E-state index in [0.717, 1.165) is 12.8 Å². The molecule has 0 aromatic carbocycles. The standard InChI is InChI=1S/C8H11FN2/c1-5-7(9)8(6-3-4-6)10-11(5)2/h6H,3-4H2,1-2H3. The van der Waals surface area contributed by atoms with E-state index in [1.54, 1.807) is 18.7 Å². The molecular weight excluding hydrogens is 143 g/mol. The molecule has 0 unspecified atom stereocenters. The van der Waals surface area contributed by atoms with Crippen LogP contribution in [0.5, 0.6) is 0 Å². The van der Waals surface area contributed by atoms with Gasteiger partial charge < -0.3 is 0 Å². The van der Waals surface area contributed by atoms with E-state index in [1.807, 2.05) is 0 Å². The molecule has 0 saturated heterocycles. The van der Waals surface area contributed by atoms with E-state index < -0.39 is 0 Å². The van der Waals surface area contributed by atoms with Crippen LogP contribution in [0, 0.1) is 12.7 Å². The second-order valence-electron chi connectivity index (χ2n) is 3.18. The first-order valence-electron chi connectivity index (χ1n) is 3.89. The number of hydrogen-bond acceptors (Lipinski definition) is 1. The van der Waals surface area contributed by atoms with Crippen molar-refractivity contribution < 1.29 is 4.39 Å². The fourth-order valence-electron chi connectivity index (χ4n) is 1.23. The van der Waals surface area contributed by atoms with Crippen LogP contribution in [0.2, 0.25) is 0 Å². The lowest BCUT2D eigenvalue weighted by Gasteiger charge is -1.88. The van der Waals surface area contributed by atoms with Crippen LogP contribution in [0.3, 0.4) is 0 Å². The molecule has 0 N–H and O–H groups in total. The van der Waals surface area contributed by atoms with Crippen molar-refractivity contribution in [2.24, 2.45) is 7.05 Å². The van der Waals surface area contributed by atoms with E-state index in [-0.39, 0.29) is 5.82 Å². The smallest absolute Gasteiger partial charge is 0.167 e. The minimum atomic E-state index is -0.102. The molecule has 0 amide bonds. The SMILES string of the molecule is Cc1c(F)c(C2CC2)nn1C. The predicted octanol–water partition coefficient (Wildman–Crippen LogP) is 1.75. The highest BCUT2D eigenvalue weighted by atomic mass is 19.1.